The quantitative estimate of drug-likeness (QED) is 0.704. The van der Waals surface area contributed by atoms with Crippen LogP contribution in [0, 0.1) is 0 Å². The average Bonchev–Trinajstić information content (AvgIpc) is 2.33. The van der Waals surface area contributed by atoms with Crippen molar-refractivity contribution in [3.8, 4) is 0 Å². The normalized spacial score (nSPS) is 8.36. The molecule has 0 spiro atoms. The van der Waals surface area contributed by atoms with Crippen molar-refractivity contribution in [3.63, 3.8) is 0 Å². The number of hydrogen-bond donors (Lipinski definition) is 1. The molecule has 0 unspecified atom stereocenters. The van der Waals surface area contributed by atoms with Crippen LogP contribution in [0.1, 0.15) is 0 Å². The third kappa shape index (κ3) is 2.03. The first-order valence-corrected chi connectivity index (χ1v) is 2.99. The van der Waals surface area contributed by atoms with E-state index in [0.717, 1.165) is 0 Å². The second-order valence-corrected chi connectivity index (χ2v) is 2.06. The Labute approximate surface area is 85.7 Å². The van der Waals surface area contributed by atoms with E-state index in [1.807, 2.05) is 18.3 Å². The third-order valence-corrected chi connectivity index (χ3v) is 1.46. The molecule has 0 aliphatic heterocycles. The first kappa shape index (κ1) is 10.6. The molecule has 1 N–H and O–H groups in total. The van der Waals surface area contributed by atoms with E-state index in [9.17, 15) is 0 Å². The summed E-state index contributed by atoms with van der Waals surface area (Å²) in [6.45, 7) is 0. The van der Waals surface area contributed by atoms with E-state index in [1.165, 1.54) is 10.9 Å². The largest absolute Gasteiger partial charge is 0.361 e. The first-order chi connectivity index (χ1) is 4.47. The Hall–Kier alpha value is -0.358. The van der Waals surface area contributed by atoms with Gasteiger partial charge in [0.15, 0.2) is 0 Å². The van der Waals surface area contributed by atoms with Crippen LogP contribution in [0.15, 0.2) is 36.5 Å². The fourth-order valence-corrected chi connectivity index (χ4v) is 0.995. The van der Waals surface area contributed by atoms with E-state index in [1.54, 1.807) is 0 Å². The number of aromatic nitrogens is 1. The van der Waals surface area contributed by atoms with E-state index in [2.05, 4.69) is 23.2 Å². The number of aromatic amines is 1. The van der Waals surface area contributed by atoms with Crippen molar-refractivity contribution in [1.82, 2.24) is 11.1 Å². The monoisotopic (exact) mass is 339 g/mol. The van der Waals surface area contributed by atoms with Crippen molar-refractivity contribution < 1.29 is 0 Å². The van der Waals surface area contributed by atoms with Gasteiger partial charge in [-0.25, -0.2) is 0 Å². The fourth-order valence-electron chi connectivity index (χ4n) is 0.995. The number of benzene rings is 1. The summed E-state index contributed by atoms with van der Waals surface area (Å²) in [5, 5.41) is 1.28. The number of rotatable bonds is 0. The molecule has 0 fully saturated rings. The molecule has 7 radical (unpaired) electrons. The van der Waals surface area contributed by atoms with Crippen molar-refractivity contribution in [3.05, 3.63) is 36.5 Å². The van der Waals surface area contributed by atoms with Gasteiger partial charge < -0.3 is 4.98 Å². The van der Waals surface area contributed by atoms with Gasteiger partial charge >= 0.3 is 0 Å². The van der Waals surface area contributed by atoms with Gasteiger partial charge in [0.2, 0.25) is 0 Å². The van der Waals surface area contributed by atoms with E-state index in [-0.39, 0.29) is 33.4 Å². The zero-order chi connectivity index (χ0) is 6.10. The predicted octanol–water partition coefficient (Wildman–Crippen LogP) is 1.31. The third-order valence-electron chi connectivity index (χ3n) is 1.46. The molecule has 11 heavy (non-hydrogen) atoms. The summed E-state index contributed by atoms with van der Waals surface area (Å²) in [7, 11) is 0. The number of fused-ring (bicyclic) bond motifs is 1. The molecule has 2 nitrogen and oxygen atoms in total. The second-order valence-electron chi connectivity index (χ2n) is 2.06. The smallest absolute Gasteiger partial charge is 0.0453 e. The summed E-state index contributed by atoms with van der Waals surface area (Å²) in [6, 6.07) is 10.3. The average molecular weight is 338 g/mol. The molecule has 1 heterocycles. The zero-order valence-corrected chi connectivity index (χ0v) is 9.80. The van der Waals surface area contributed by atoms with Gasteiger partial charge in [0.05, 0.1) is 0 Å². The van der Waals surface area contributed by atoms with Crippen LogP contribution in [0.25, 0.3) is 10.9 Å². The minimum Gasteiger partial charge on any atom is -0.361 e. The molecule has 2 aromatic rings. The SMILES string of the molecule is [N].[Pb].c1ccc2[nH]ccc2c1. The molecule has 0 bridgehead atoms. The van der Waals surface area contributed by atoms with Crippen LogP contribution in [-0.2, 0) is 0 Å². The summed E-state index contributed by atoms with van der Waals surface area (Å²) in [6.07, 6.45) is 1.95. The molecule has 0 amide bonds. The number of para-hydroxylation sites is 1. The predicted molar refractivity (Wildman–Crippen MR) is 46.2 cm³/mol. The molecular weight excluding hydrogens is 331 g/mol. The number of hydrogen-bond acceptors (Lipinski definition) is 0. The number of nitrogens with zero attached hydrogens (tertiary/aromatic N) is 1. The van der Waals surface area contributed by atoms with Crippen LogP contribution in [0.3, 0.4) is 0 Å². The topological polar surface area (TPSA) is 46.3 Å². The molecule has 0 aliphatic rings. The minimum atomic E-state index is 0. The van der Waals surface area contributed by atoms with Gasteiger partial charge in [-0.3, -0.25) is 0 Å². The molecule has 0 saturated carbocycles. The Morgan fingerprint density at radius 3 is 2.45 bits per heavy atom. The fraction of sp³-hybridized carbons (Fsp3) is 0. The number of nitrogens with one attached hydrogen (secondary N) is 1. The van der Waals surface area contributed by atoms with Gasteiger partial charge in [0.1, 0.15) is 0 Å². The standard InChI is InChI=1S/C8H7N.N.Pb/c1-2-4-8-7(3-1)5-6-9-8;;/h1-6,9H;;. The molecule has 0 atom stereocenters. The Morgan fingerprint density at radius 2 is 1.73 bits per heavy atom. The van der Waals surface area contributed by atoms with Gasteiger partial charge in [-0.2, -0.15) is 0 Å². The van der Waals surface area contributed by atoms with Crippen molar-refractivity contribution in [1.29, 1.82) is 0 Å². The Bertz CT molecular complexity index is 286. The van der Waals surface area contributed by atoms with E-state index in [4.69, 9.17) is 0 Å². The van der Waals surface area contributed by atoms with E-state index < -0.39 is 0 Å². The van der Waals surface area contributed by atoms with Crippen LogP contribution in [0.4, 0.5) is 0 Å². The first-order valence-electron chi connectivity index (χ1n) is 2.99. The summed E-state index contributed by atoms with van der Waals surface area (Å²) in [5.74, 6) is 0. The molecule has 53 valence electrons. The maximum absolute atomic E-state index is 3.12. The van der Waals surface area contributed by atoms with E-state index in [0.29, 0.717) is 0 Å². The molecular formula is C8H7N2Pb. The van der Waals surface area contributed by atoms with Crippen molar-refractivity contribution >= 4 is 38.2 Å². The van der Waals surface area contributed by atoms with E-state index >= 15 is 0 Å². The Balaban J connectivity index is 0.000000500. The van der Waals surface area contributed by atoms with Crippen molar-refractivity contribution in [2.45, 2.75) is 0 Å². The maximum atomic E-state index is 3.12. The van der Waals surface area contributed by atoms with Crippen LogP contribution in [0.2, 0.25) is 0 Å². The molecule has 1 aromatic heterocycles. The number of H-pyrrole nitrogens is 1. The summed E-state index contributed by atoms with van der Waals surface area (Å²) in [4.78, 5) is 3.12. The summed E-state index contributed by atoms with van der Waals surface area (Å²) >= 11 is 0. The zero-order valence-electron chi connectivity index (χ0n) is 5.91. The molecule has 1 aromatic carbocycles. The van der Waals surface area contributed by atoms with Gasteiger partial charge in [0.25, 0.3) is 0 Å². The van der Waals surface area contributed by atoms with Crippen LogP contribution in [-0.4, -0.2) is 32.3 Å². The summed E-state index contributed by atoms with van der Waals surface area (Å²) < 4.78 is 0. The van der Waals surface area contributed by atoms with Gasteiger partial charge in [0, 0.05) is 45.2 Å². The summed E-state index contributed by atoms with van der Waals surface area (Å²) in [5.41, 5.74) is 1.21. The van der Waals surface area contributed by atoms with Crippen LogP contribution < -0.4 is 6.15 Å². The van der Waals surface area contributed by atoms with Gasteiger partial charge in [-0.1, -0.05) is 18.2 Å². The van der Waals surface area contributed by atoms with Crippen molar-refractivity contribution in [2.75, 3.05) is 0 Å². The van der Waals surface area contributed by atoms with Crippen molar-refractivity contribution in [2.24, 2.45) is 0 Å². The van der Waals surface area contributed by atoms with Crippen LogP contribution >= 0.6 is 0 Å². The van der Waals surface area contributed by atoms with Crippen LogP contribution in [0.5, 0.6) is 0 Å². The maximum Gasteiger partial charge on any atom is 0.0453 e. The molecule has 0 saturated heterocycles. The molecule has 2 rings (SSSR count). The molecule has 3 heteroatoms. The Kier molecular flexibility index (Phi) is 4.36. The minimum absolute atomic E-state index is 0. The Morgan fingerprint density at radius 1 is 1.00 bits per heavy atom. The molecule has 0 aliphatic carbocycles. The second kappa shape index (κ2) is 4.51. The van der Waals surface area contributed by atoms with Gasteiger partial charge in [-0.05, 0) is 17.5 Å². The van der Waals surface area contributed by atoms with Gasteiger partial charge in [-0.15, -0.1) is 0 Å².